The third kappa shape index (κ3) is 3.65. The Labute approximate surface area is 177 Å². The minimum atomic E-state index is -1.23. The number of nitrogens with zero attached hydrogens (tertiary/aromatic N) is 3. The molecule has 1 unspecified atom stereocenters. The third-order valence-corrected chi connectivity index (χ3v) is 5.27. The summed E-state index contributed by atoms with van der Waals surface area (Å²) >= 11 is 0. The number of pyridine rings is 1. The SMILES string of the molecule is N[C@H]1CCN2C(=O)c3c(N=O)c(=O)c(C(=O)NCc4c(F)cc(F)cc4F)cn3CC2O1. The van der Waals surface area contributed by atoms with E-state index in [1.165, 1.54) is 9.47 Å². The molecule has 3 heterocycles. The van der Waals surface area contributed by atoms with Crippen LogP contribution in [0.5, 0.6) is 0 Å². The molecule has 3 N–H and O–H groups in total. The standard InChI is InChI=1S/C19H16F3N5O5/c20-8-3-11(21)9(12(22)4-8)5-24-18(29)10-6-26-7-14-27(2-1-13(23)32-14)19(30)16(26)15(25-31)17(10)28/h3-4,6,13-14H,1-2,5,7,23H2,(H,24,29)/t13-,14?/m1/s1. The number of rotatable bonds is 4. The van der Waals surface area contributed by atoms with E-state index >= 15 is 0 Å². The number of nitroso groups, excluding NO2 is 1. The molecular formula is C19H16F3N5O5. The molecule has 0 bridgehead atoms. The molecule has 32 heavy (non-hydrogen) atoms. The van der Waals surface area contributed by atoms with Crippen molar-refractivity contribution in [2.45, 2.75) is 32.0 Å². The fraction of sp³-hybridized carbons (Fsp3) is 0.316. The van der Waals surface area contributed by atoms with Crippen LogP contribution in [-0.4, -0.2) is 40.3 Å². The summed E-state index contributed by atoms with van der Waals surface area (Å²) in [5.74, 6) is -5.34. The van der Waals surface area contributed by atoms with Crippen LogP contribution in [0.15, 0.2) is 28.3 Å². The summed E-state index contributed by atoms with van der Waals surface area (Å²) in [5.41, 5.74) is 2.37. The number of fused-ring (bicyclic) bond motifs is 2. The summed E-state index contributed by atoms with van der Waals surface area (Å²) in [7, 11) is 0. The van der Waals surface area contributed by atoms with Gasteiger partial charge < -0.3 is 25.3 Å². The number of halogens is 3. The fourth-order valence-corrected chi connectivity index (χ4v) is 3.70. The number of ether oxygens (including phenoxy) is 1. The Kier molecular flexibility index (Phi) is 5.52. The van der Waals surface area contributed by atoms with Crippen LogP contribution >= 0.6 is 0 Å². The largest absolute Gasteiger partial charge is 0.348 e. The molecule has 0 saturated carbocycles. The zero-order valence-electron chi connectivity index (χ0n) is 16.3. The molecule has 2 atom stereocenters. The summed E-state index contributed by atoms with van der Waals surface area (Å²) in [4.78, 5) is 50.7. The molecule has 168 valence electrons. The highest BCUT2D eigenvalue weighted by Gasteiger charge is 2.40. The van der Waals surface area contributed by atoms with Gasteiger partial charge in [0.1, 0.15) is 34.9 Å². The first-order valence-corrected chi connectivity index (χ1v) is 9.45. The molecule has 2 aliphatic heterocycles. The first-order chi connectivity index (χ1) is 15.2. The van der Waals surface area contributed by atoms with Crippen LogP contribution in [0.2, 0.25) is 0 Å². The van der Waals surface area contributed by atoms with Crippen LogP contribution in [0.25, 0.3) is 0 Å². The average Bonchev–Trinajstić information content (AvgIpc) is 2.72. The van der Waals surface area contributed by atoms with Crippen LogP contribution in [0.1, 0.15) is 32.8 Å². The van der Waals surface area contributed by atoms with E-state index in [0.717, 1.165) is 6.20 Å². The van der Waals surface area contributed by atoms with Crippen LogP contribution in [0.4, 0.5) is 18.9 Å². The fourth-order valence-electron chi connectivity index (χ4n) is 3.70. The molecule has 2 aliphatic rings. The van der Waals surface area contributed by atoms with Crippen molar-refractivity contribution in [2.75, 3.05) is 6.54 Å². The Morgan fingerprint density at radius 1 is 1.25 bits per heavy atom. The van der Waals surface area contributed by atoms with E-state index in [4.69, 9.17) is 10.5 Å². The van der Waals surface area contributed by atoms with Crippen molar-refractivity contribution in [1.29, 1.82) is 0 Å². The Bertz CT molecular complexity index is 1180. The summed E-state index contributed by atoms with van der Waals surface area (Å²) < 4.78 is 47.4. The molecule has 4 rings (SSSR count). The van der Waals surface area contributed by atoms with Gasteiger partial charge in [0, 0.05) is 43.4 Å². The summed E-state index contributed by atoms with van der Waals surface area (Å²) in [6.07, 6.45) is 0.00135. The highest BCUT2D eigenvalue weighted by atomic mass is 19.1. The van der Waals surface area contributed by atoms with Crippen LogP contribution < -0.4 is 16.5 Å². The van der Waals surface area contributed by atoms with Gasteiger partial charge in [-0.2, -0.15) is 0 Å². The number of carbonyl (C=O) groups is 2. The average molecular weight is 451 g/mol. The molecular weight excluding hydrogens is 435 g/mol. The number of nitrogens with one attached hydrogen (secondary N) is 1. The van der Waals surface area contributed by atoms with Crippen molar-refractivity contribution in [3.8, 4) is 0 Å². The van der Waals surface area contributed by atoms with E-state index in [1.54, 1.807) is 0 Å². The zero-order chi connectivity index (χ0) is 23.2. The van der Waals surface area contributed by atoms with Gasteiger partial charge in [0.2, 0.25) is 5.43 Å². The maximum absolute atomic E-state index is 13.8. The second-order valence-electron chi connectivity index (χ2n) is 7.26. The third-order valence-electron chi connectivity index (χ3n) is 5.27. The van der Waals surface area contributed by atoms with Crippen molar-refractivity contribution in [2.24, 2.45) is 10.9 Å². The Hall–Kier alpha value is -3.58. The lowest BCUT2D eigenvalue weighted by atomic mass is 10.1. The molecule has 10 nitrogen and oxygen atoms in total. The predicted molar refractivity (Wildman–Crippen MR) is 102 cm³/mol. The lowest BCUT2D eigenvalue weighted by molar-refractivity contribution is -0.131. The van der Waals surface area contributed by atoms with E-state index in [2.05, 4.69) is 10.5 Å². The van der Waals surface area contributed by atoms with Gasteiger partial charge in [0.15, 0.2) is 11.9 Å². The molecule has 0 radical (unpaired) electrons. The molecule has 13 heteroatoms. The molecule has 1 fully saturated rings. The van der Waals surface area contributed by atoms with Crippen molar-refractivity contribution >= 4 is 17.5 Å². The van der Waals surface area contributed by atoms with E-state index in [-0.39, 0.29) is 18.8 Å². The van der Waals surface area contributed by atoms with Gasteiger partial charge in [-0.05, 0) is 5.18 Å². The number of amides is 2. The zero-order valence-corrected chi connectivity index (χ0v) is 16.3. The second kappa shape index (κ2) is 8.16. The van der Waals surface area contributed by atoms with E-state index in [9.17, 15) is 32.5 Å². The number of carbonyl (C=O) groups excluding carboxylic acids is 2. The van der Waals surface area contributed by atoms with Gasteiger partial charge >= 0.3 is 0 Å². The van der Waals surface area contributed by atoms with E-state index in [1.807, 2.05) is 0 Å². The predicted octanol–water partition coefficient (Wildman–Crippen LogP) is 1.08. The topological polar surface area (TPSA) is 136 Å². The van der Waals surface area contributed by atoms with Gasteiger partial charge in [0.25, 0.3) is 11.8 Å². The maximum Gasteiger partial charge on any atom is 0.275 e. The number of nitrogens with two attached hydrogens (primary N) is 1. The Morgan fingerprint density at radius 2 is 1.94 bits per heavy atom. The van der Waals surface area contributed by atoms with Crippen LogP contribution in [0.3, 0.4) is 0 Å². The molecule has 0 spiro atoms. The van der Waals surface area contributed by atoms with Crippen molar-refractivity contribution < 1.29 is 27.5 Å². The number of benzene rings is 1. The van der Waals surface area contributed by atoms with Gasteiger partial charge in [-0.3, -0.25) is 14.4 Å². The van der Waals surface area contributed by atoms with E-state index < -0.39 is 70.5 Å². The number of aromatic nitrogens is 1. The number of hydrogen-bond donors (Lipinski definition) is 2. The minimum Gasteiger partial charge on any atom is -0.348 e. The van der Waals surface area contributed by atoms with Crippen molar-refractivity contribution in [3.05, 3.63) is 67.7 Å². The molecule has 2 amide bonds. The Morgan fingerprint density at radius 3 is 2.59 bits per heavy atom. The van der Waals surface area contributed by atoms with Gasteiger partial charge in [-0.1, -0.05) is 0 Å². The molecule has 1 saturated heterocycles. The molecule has 2 aromatic rings. The quantitative estimate of drug-likeness (QED) is 0.668. The van der Waals surface area contributed by atoms with Crippen molar-refractivity contribution in [3.63, 3.8) is 0 Å². The van der Waals surface area contributed by atoms with Crippen molar-refractivity contribution in [1.82, 2.24) is 14.8 Å². The molecule has 1 aromatic carbocycles. The normalized spacial score (nSPS) is 19.9. The first kappa shape index (κ1) is 21.6. The summed E-state index contributed by atoms with van der Waals surface area (Å²) in [6, 6.07) is 0.887. The van der Waals surface area contributed by atoms with E-state index in [0.29, 0.717) is 18.6 Å². The monoisotopic (exact) mass is 451 g/mol. The molecule has 0 aliphatic carbocycles. The highest BCUT2D eigenvalue weighted by molar-refractivity contribution is 6.01. The highest BCUT2D eigenvalue weighted by Crippen LogP contribution is 2.28. The second-order valence-corrected chi connectivity index (χ2v) is 7.26. The lowest BCUT2D eigenvalue weighted by Gasteiger charge is -2.42. The summed E-state index contributed by atoms with van der Waals surface area (Å²) in [5, 5.41) is 4.79. The Balaban J connectivity index is 1.67. The van der Waals surface area contributed by atoms with Crippen LogP contribution in [-0.2, 0) is 17.8 Å². The molecule has 1 aromatic heterocycles. The number of hydrogen-bond acceptors (Lipinski definition) is 7. The van der Waals surface area contributed by atoms with Crippen LogP contribution in [0, 0.1) is 22.4 Å². The maximum atomic E-state index is 13.8. The summed E-state index contributed by atoms with van der Waals surface area (Å²) in [6.45, 7) is -0.484. The van der Waals surface area contributed by atoms with Gasteiger partial charge in [0.05, 0.1) is 6.54 Å². The van der Waals surface area contributed by atoms with Gasteiger partial charge in [-0.25, -0.2) is 13.2 Å². The minimum absolute atomic E-state index is 0.0287. The lowest BCUT2D eigenvalue weighted by Crippen LogP contribution is -2.56. The van der Waals surface area contributed by atoms with Gasteiger partial charge in [-0.15, -0.1) is 4.91 Å². The smallest absolute Gasteiger partial charge is 0.275 e. The first-order valence-electron chi connectivity index (χ1n) is 9.45.